The van der Waals surface area contributed by atoms with Gasteiger partial charge in [-0.2, -0.15) is 0 Å². The third-order valence-corrected chi connectivity index (χ3v) is 6.51. The number of rotatable bonds is 6. The minimum Gasteiger partial charge on any atom is -0.401 e. The molecule has 4 N–H and O–H groups in total. The number of nitrogens with two attached hydrogens (primary N) is 1. The van der Waals surface area contributed by atoms with Gasteiger partial charge >= 0.3 is 6.03 Å². The maximum Gasteiger partial charge on any atom is 0.315 e. The molecule has 1 heterocycles. The summed E-state index contributed by atoms with van der Waals surface area (Å²) in [5.74, 6) is 0.186. The van der Waals surface area contributed by atoms with E-state index in [-0.39, 0.29) is 34.9 Å². The van der Waals surface area contributed by atoms with E-state index in [0.717, 1.165) is 45.1 Å². The van der Waals surface area contributed by atoms with Crippen LogP contribution in [0.4, 0.5) is 4.79 Å². The van der Waals surface area contributed by atoms with Gasteiger partial charge in [-0.25, -0.2) is 4.79 Å². The lowest BCUT2D eigenvalue weighted by Crippen LogP contribution is -2.58. The van der Waals surface area contributed by atoms with Crippen molar-refractivity contribution in [1.82, 2.24) is 15.5 Å². The summed E-state index contributed by atoms with van der Waals surface area (Å²) in [5, 5.41) is 6.23. The number of carbonyl (C=O) groups excluding carboxylic acids is 2. The number of hydrogen-bond acceptors (Lipinski definition) is 3. The molecule has 0 spiro atoms. The lowest BCUT2D eigenvalue weighted by Gasteiger charge is -2.42. The van der Waals surface area contributed by atoms with E-state index in [9.17, 15) is 9.59 Å². The van der Waals surface area contributed by atoms with Crippen LogP contribution >= 0.6 is 0 Å². The lowest BCUT2D eigenvalue weighted by atomic mass is 9.70. The molecule has 1 saturated heterocycles. The Kier molecular flexibility index (Phi) is 7.40. The van der Waals surface area contributed by atoms with E-state index in [2.05, 4.69) is 44.9 Å². The topological polar surface area (TPSA) is 87.5 Å². The van der Waals surface area contributed by atoms with E-state index in [1.165, 1.54) is 6.42 Å². The first-order valence-electron chi connectivity index (χ1n) is 10.8. The van der Waals surface area contributed by atoms with Crippen molar-refractivity contribution >= 4 is 11.9 Å². The zero-order valence-corrected chi connectivity index (χ0v) is 18.3. The second-order valence-corrected chi connectivity index (χ2v) is 10.1. The standard InChI is InChI=1S/C22H40N4O2/c1-16(23)19(22(5)12-8-6-9-13-22)25-20(28)24-17(21(2,3)4)15-26-14-10-7-11-18(26)27/h17,19H,1,6-15,23H2,2-5H3,(H2,24,25,28)/t17-,19-/m1/s1. The van der Waals surface area contributed by atoms with Gasteiger partial charge in [-0.3, -0.25) is 4.79 Å². The average molecular weight is 393 g/mol. The summed E-state index contributed by atoms with van der Waals surface area (Å²) in [4.78, 5) is 27.0. The highest BCUT2D eigenvalue weighted by atomic mass is 16.2. The number of piperidine rings is 1. The van der Waals surface area contributed by atoms with E-state index >= 15 is 0 Å². The zero-order chi connectivity index (χ0) is 20.9. The van der Waals surface area contributed by atoms with Crippen molar-refractivity contribution in [1.29, 1.82) is 0 Å². The van der Waals surface area contributed by atoms with E-state index < -0.39 is 0 Å². The molecule has 2 rings (SSSR count). The molecule has 3 amide bonds. The SMILES string of the molecule is C=C(N)[C@@H](NC(=O)N[C@H](CN1CCCCC1=O)C(C)(C)C)C1(C)CCCCC1. The van der Waals surface area contributed by atoms with Crippen molar-refractivity contribution < 1.29 is 9.59 Å². The van der Waals surface area contributed by atoms with Crippen LogP contribution in [0.5, 0.6) is 0 Å². The molecule has 0 aromatic heterocycles. The fourth-order valence-corrected chi connectivity index (χ4v) is 4.50. The van der Waals surface area contributed by atoms with E-state index in [4.69, 9.17) is 5.73 Å². The Morgan fingerprint density at radius 3 is 2.36 bits per heavy atom. The molecule has 0 aromatic carbocycles. The predicted octanol–water partition coefficient (Wildman–Crippen LogP) is 3.52. The van der Waals surface area contributed by atoms with Crippen LogP contribution in [0.25, 0.3) is 0 Å². The third kappa shape index (κ3) is 5.89. The third-order valence-electron chi connectivity index (χ3n) is 6.51. The molecule has 0 bridgehead atoms. The molecule has 2 aliphatic rings. The second kappa shape index (κ2) is 9.19. The van der Waals surface area contributed by atoms with Gasteiger partial charge in [-0.15, -0.1) is 0 Å². The van der Waals surface area contributed by atoms with Gasteiger partial charge in [0.05, 0.1) is 12.1 Å². The molecule has 6 heteroatoms. The van der Waals surface area contributed by atoms with Crippen LogP contribution in [0, 0.1) is 10.8 Å². The first kappa shape index (κ1) is 22.6. The van der Waals surface area contributed by atoms with Gasteiger partial charge in [-0.1, -0.05) is 53.5 Å². The van der Waals surface area contributed by atoms with Crippen LogP contribution < -0.4 is 16.4 Å². The molecule has 0 aromatic rings. The number of urea groups is 1. The van der Waals surface area contributed by atoms with Crippen molar-refractivity contribution in [3.05, 3.63) is 12.3 Å². The smallest absolute Gasteiger partial charge is 0.315 e. The maximum atomic E-state index is 12.9. The van der Waals surface area contributed by atoms with Gasteiger partial charge in [0.1, 0.15) is 0 Å². The van der Waals surface area contributed by atoms with Crippen molar-refractivity contribution in [3.63, 3.8) is 0 Å². The van der Waals surface area contributed by atoms with Gasteiger partial charge < -0.3 is 21.3 Å². The van der Waals surface area contributed by atoms with Crippen molar-refractivity contribution in [3.8, 4) is 0 Å². The molecule has 1 aliphatic heterocycles. The van der Waals surface area contributed by atoms with Crippen molar-refractivity contribution in [2.75, 3.05) is 13.1 Å². The molecule has 160 valence electrons. The summed E-state index contributed by atoms with van der Waals surface area (Å²) >= 11 is 0. The molecule has 1 aliphatic carbocycles. The van der Waals surface area contributed by atoms with E-state index in [0.29, 0.717) is 18.7 Å². The Morgan fingerprint density at radius 2 is 1.82 bits per heavy atom. The van der Waals surface area contributed by atoms with Crippen LogP contribution in [0.2, 0.25) is 0 Å². The fraction of sp³-hybridized carbons (Fsp3) is 0.818. The number of likely N-dealkylation sites (tertiary alicyclic amines) is 1. The van der Waals surface area contributed by atoms with E-state index in [1.807, 2.05) is 4.90 Å². The second-order valence-electron chi connectivity index (χ2n) is 10.1. The Hall–Kier alpha value is -1.72. The van der Waals surface area contributed by atoms with Crippen molar-refractivity contribution in [2.45, 2.75) is 91.1 Å². The lowest BCUT2D eigenvalue weighted by molar-refractivity contribution is -0.133. The van der Waals surface area contributed by atoms with Gasteiger partial charge in [0.25, 0.3) is 0 Å². The number of hydrogen-bond donors (Lipinski definition) is 3. The van der Waals surface area contributed by atoms with E-state index in [1.54, 1.807) is 0 Å². The maximum absolute atomic E-state index is 12.9. The van der Waals surface area contributed by atoms with Gasteiger partial charge in [0.2, 0.25) is 5.91 Å². The summed E-state index contributed by atoms with van der Waals surface area (Å²) in [5.41, 5.74) is 6.39. The molecule has 2 atom stereocenters. The molecule has 6 nitrogen and oxygen atoms in total. The van der Waals surface area contributed by atoms with Crippen LogP contribution in [0.3, 0.4) is 0 Å². The Morgan fingerprint density at radius 1 is 1.18 bits per heavy atom. The molecule has 1 saturated carbocycles. The summed E-state index contributed by atoms with van der Waals surface area (Å²) in [7, 11) is 0. The van der Waals surface area contributed by atoms with Crippen LogP contribution in [0.15, 0.2) is 12.3 Å². The highest BCUT2D eigenvalue weighted by Gasteiger charge is 2.38. The molecule has 0 unspecified atom stereocenters. The predicted molar refractivity (Wildman–Crippen MR) is 114 cm³/mol. The Bertz CT molecular complexity index is 576. The zero-order valence-electron chi connectivity index (χ0n) is 18.3. The molecular weight excluding hydrogens is 352 g/mol. The molecule has 2 fully saturated rings. The summed E-state index contributed by atoms with van der Waals surface area (Å²) in [6, 6.07) is -0.613. The quantitative estimate of drug-likeness (QED) is 0.646. The highest BCUT2D eigenvalue weighted by molar-refractivity contribution is 5.77. The first-order valence-corrected chi connectivity index (χ1v) is 10.8. The number of carbonyl (C=O) groups is 2. The average Bonchev–Trinajstić information content (AvgIpc) is 2.60. The minimum atomic E-state index is -0.245. The fourth-order valence-electron chi connectivity index (χ4n) is 4.50. The van der Waals surface area contributed by atoms with Gasteiger partial charge in [0.15, 0.2) is 0 Å². The molecule has 28 heavy (non-hydrogen) atoms. The van der Waals surface area contributed by atoms with Crippen LogP contribution in [-0.2, 0) is 4.79 Å². The molecular formula is C22H40N4O2. The largest absolute Gasteiger partial charge is 0.401 e. The number of nitrogens with zero attached hydrogens (tertiary/aromatic N) is 1. The summed E-state index contributed by atoms with van der Waals surface area (Å²) in [6.07, 6.45) is 8.23. The number of nitrogens with one attached hydrogen (secondary N) is 2. The molecule has 0 radical (unpaired) electrons. The highest BCUT2D eigenvalue weighted by Crippen LogP contribution is 2.40. The Balaban J connectivity index is 2.05. The van der Waals surface area contributed by atoms with Gasteiger partial charge in [-0.05, 0) is 36.5 Å². The van der Waals surface area contributed by atoms with Crippen LogP contribution in [0.1, 0.15) is 79.1 Å². The monoisotopic (exact) mass is 392 g/mol. The Labute approximate surface area is 170 Å². The van der Waals surface area contributed by atoms with Gasteiger partial charge in [0, 0.05) is 25.2 Å². The first-order chi connectivity index (χ1) is 13.0. The summed E-state index contributed by atoms with van der Waals surface area (Å²) in [6.45, 7) is 13.7. The normalized spacial score (nSPS) is 22.3. The minimum absolute atomic E-state index is 0.0541. The van der Waals surface area contributed by atoms with Crippen LogP contribution in [-0.4, -0.2) is 42.0 Å². The number of amides is 3. The van der Waals surface area contributed by atoms with Crippen molar-refractivity contribution in [2.24, 2.45) is 16.6 Å². The summed E-state index contributed by atoms with van der Waals surface area (Å²) < 4.78 is 0.